The fraction of sp³-hybridized carbons (Fsp3) is 0.667. The van der Waals surface area contributed by atoms with Crippen LogP contribution in [0.25, 0.3) is 0 Å². The number of thiocarbonyl (C=S) groups is 1. The number of nitrogens with zero attached hydrogens (tertiary/aromatic N) is 2. The molecule has 62 valence electrons. The van der Waals surface area contributed by atoms with Crippen molar-refractivity contribution in [2.24, 2.45) is 5.73 Å². The van der Waals surface area contributed by atoms with E-state index >= 15 is 0 Å². The third kappa shape index (κ3) is 1.59. The Morgan fingerprint density at radius 1 is 1.64 bits per heavy atom. The van der Waals surface area contributed by atoms with Crippen LogP contribution in [0.3, 0.4) is 0 Å². The molecule has 2 amide bonds. The van der Waals surface area contributed by atoms with Gasteiger partial charge in [-0.2, -0.15) is 0 Å². The largest absolute Gasteiger partial charge is 0.352 e. The van der Waals surface area contributed by atoms with Crippen molar-refractivity contribution in [1.82, 2.24) is 9.80 Å². The Kier molecular flexibility index (Phi) is 2.28. The molecule has 0 aromatic heterocycles. The number of rotatable bonds is 0. The fourth-order valence-corrected chi connectivity index (χ4v) is 1.34. The van der Waals surface area contributed by atoms with Crippen LogP contribution >= 0.6 is 12.2 Å². The number of hydrogen-bond acceptors (Lipinski definition) is 2. The number of nitrogens with two attached hydrogens (primary N) is 1. The normalized spacial score (nSPS) is 18.8. The van der Waals surface area contributed by atoms with Crippen molar-refractivity contribution in [2.45, 2.75) is 6.42 Å². The summed E-state index contributed by atoms with van der Waals surface area (Å²) >= 11 is 4.98. The van der Waals surface area contributed by atoms with E-state index in [1.807, 2.05) is 11.9 Å². The van der Waals surface area contributed by atoms with E-state index in [1.54, 1.807) is 0 Å². The molecule has 0 aromatic carbocycles. The first-order chi connectivity index (χ1) is 5.13. The summed E-state index contributed by atoms with van der Waals surface area (Å²) in [5.41, 5.74) is 5.09. The lowest BCUT2D eigenvalue weighted by Crippen LogP contribution is -2.51. The predicted molar refractivity (Wildman–Crippen MR) is 46.1 cm³/mol. The van der Waals surface area contributed by atoms with Gasteiger partial charge in [-0.1, -0.05) is 0 Å². The summed E-state index contributed by atoms with van der Waals surface area (Å²) in [5, 5.41) is 0.531. The lowest BCUT2D eigenvalue weighted by atomic mass is 10.3. The summed E-state index contributed by atoms with van der Waals surface area (Å²) in [7, 11) is 1.86. The Morgan fingerprint density at radius 3 is 2.73 bits per heavy atom. The first-order valence-electron chi connectivity index (χ1n) is 3.45. The molecule has 1 aliphatic rings. The second kappa shape index (κ2) is 3.04. The highest BCUT2D eigenvalue weighted by atomic mass is 32.1. The number of urea groups is 1. The van der Waals surface area contributed by atoms with Crippen LogP contribution in [0.5, 0.6) is 0 Å². The number of carbonyl (C=O) groups excluding carboxylic acids is 1. The molecule has 4 nitrogen and oxygen atoms in total. The van der Waals surface area contributed by atoms with Crippen molar-refractivity contribution in [3.05, 3.63) is 0 Å². The van der Waals surface area contributed by atoms with Gasteiger partial charge in [0, 0.05) is 20.1 Å². The molecule has 0 bridgehead atoms. The maximum absolute atomic E-state index is 10.7. The fourth-order valence-electron chi connectivity index (χ4n) is 1.07. The minimum Gasteiger partial charge on any atom is -0.352 e. The van der Waals surface area contributed by atoms with Crippen LogP contribution in [-0.4, -0.2) is 41.1 Å². The van der Waals surface area contributed by atoms with Gasteiger partial charge in [-0.3, -0.25) is 4.90 Å². The van der Waals surface area contributed by atoms with Crippen LogP contribution in [0, 0.1) is 0 Å². The lowest BCUT2D eigenvalue weighted by Gasteiger charge is -2.33. The molecular weight excluding hydrogens is 162 g/mol. The van der Waals surface area contributed by atoms with Crippen molar-refractivity contribution >= 4 is 23.4 Å². The SMILES string of the molecule is CN1CCCN(C(N)=O)C1=S. The molecule has 5 heteroatoms. The molecule has 0 radical (unpaired) electrons. The molecule has 1 rings (SSSR count). The van der Waals surface area contributed by atoms with E-state index < -0.39 is 6.03 Å². The quantitative estimate of drug-likeness (QED) is 0.524. The molecule has 11 heavy (non-hydrogen) atoms. The van der Waals surface area contributed by atoms with Crippen molar-refractivity contribution in [3.8, 4) is 0 Å². The van der Waals surface area contributed by atoms with Gasteiger partial charge in [-0.05, 0) is 18.6 Å². The van der Waals surface area contributed by atoms with Gasteiger partial charge in [0.15, 0.2) is 5.11 Å². The van der Waals surface area contributed by atoms with Gasteiger partial charge in [0.25, 0.3) is 0 Å². The topological polar surface area (TPSA) is 49.6 Å². The van der Waals surface area contributed by atoms with Crippen LogP contribution in [0.4, 0.5) is 4.79 Å². The summed E-state index contributed by atoms with van der Waals surface area (Å²) in [6.07, 6.45) is 0.930. The van der Waals surface area contributed by atoms with E-state index in [-0.39, 0.29) is 0 Å². The highest BCUT2D eigenvalue weighted by molar-refractivity contribution is 7.80. The molecule has 1 fully saturated rings. The highest BCUT2D eigenvalue weighted by Crippen LogP contribution is 2.06. The standard InChI is InChI=1S/C6H11N3OS/c1-8-3-2-4-9(5(7)10)6(8)11/h2-4H2,1H3,(H2,7,10). The van der Waals surface area contributed by atoms with E-state index in [2.05, 4.69) is 0 Å². The Balaban J connectivity index is 2.66. The molecule has 0 atom stereocenters. The summed E-state index contributed by atoms with van der Waals surface area (Å²) in [6, 6.07) is -0.457. The number of carbonyl (C=O) groups is 1. The first-order valence-corrected chi connectivity index (χ1v) is 3.86. The van der Waals surface area contributed by atoms with Crippen LogP contribution in [0.15, 0.2) is 0 Å². The monoisotopic (exact) mass is 173 g/mol. The number of hydrogen-bond donors (Lipinski definition) is 1. The second-order valence-corrected chi connectivity index (χ2v) is 2.91. The van der Waals surface area contributed by atoms with Crippen LogP contribution in [0.1, 0.15) is 6.42 Å². The zero-order valence-electron chi connectivity index (χ0n) is 6.41. The summed E-state index contributed by atoms with van der Waals surface area (Å²) < 4.78 is 0. The van der Waals surface area contributed by atoms with Crippen LogP contribution < -0.4 is 5.73 Å². The van der Waals surface area contributed by atoms with Crippen LogP contribution in [-0.2, 0) is 0 Å². The number of amides is 2. The van der Waals surface area contributed by atoms with Gasteiger partial charge in [0.1, 0.15) is 0 Å². The predicted octanol–water partition coefficient (Wildman–Crippen LogP) is -0.0125. The van der Waals surface area contributed by atoms with Crippen molar-refractivity contribution < 1.29 is 4.79 Å². The summed E-state index contributed by atoms with van der Waals surface area (Å²) in [6.45, 7) is 1.56. The van der Waals surface area contributed by atoms with Gasteiger partial charge < -0.3 is 10.6 Å². The zero-order chi connectivity index (χ0) is 8.43. The maximum Gasteiger partial charge on any atom is 0.321 e. The number of primary amides is 1. The zero-order valence-corrected chi connectivity index (χ0v) is 7.23. The minimum atomic E-state index is -0.457. The van der Waals surface area contributed by atoms with E-state index in [1.165, 1.54) is 4.90 Å². The van der Waals surface area contributed by atoms with Gasteiger partial charge in [0.05, 0.1) is 0 Å². The molecule has 0 aromatic rings. The Hall–Kier alpha value is -0.840. The molecule has 0 unspecified atom stereocenters. The maximum atomic E-state index is 10.7. The van der Waals surface area contributed by atoms with E-state index in [0.29, 0.717) is 11.7 Å². The van der Waals surface area contributed by atoms with E-state index in [0.717, 1.165) is 13.0 Å². The third-order valence-electron chi connectivity index (χ3n) is 1.70. The Labute approximate surface area is 70.9 Å². The molecule has 1 aliphatic heterocycles. The summed E-state index contributed by atoms with van der Waals surface area (Å²) in [5.74, 6) is 0. The highest BCUT2D eigenvalue weighted by Gasteiger charge is 2.22. The molecule has 1 heterocycles. The first kappa shape index (κ1) is 8.26. The second-order valence-electron chi connectivity index (χ2n) is 2.55. The van der Waals surface area contributed by atoms with Gasteiger partial charge >= 0.3 is 6.03 Å². The van der Waals surface area contributed by atoms with E-state index in [9.17, 15) is 4.79 Å². The molecular formula is C6H11N3OS. The van der Waals surface area contributed by atoms with Crippen molar-refractivity contribution in [2.75, 3.05) is 20.1 Å². The minimum absolute atomic E-state index is 0.457. The Bertz CT molecular complexity index is 194. The van der Waals surface area contributed by atoms with Crippen molar-refractivity contribution in [3.63, 3.8) is 0 Å². The molecule has 2 N–H and O–H groups in total. The average molecular weight is 173 g/mol. The summed E-state index contributed by atoms with van der Waals surface area (Å²) in [4.78, 5) is 14.0. The van der Waals surface area contributed by atoms with Gasteiger partial charge in [-0.15, -0.1) is 0 Å². The van der Waals surface area contributed by atoms with Gasteiger partial charge in [0.2, 0.25) is 0 Å². The lowest BCUT2D eigenvalue weighted by molar-refractivity contribution is 0.218. The van der Waals surface area contributed by atoms with E-state index in [4.69, 9.17) is 18.0 Å². The molecule has 0 aliphatic carbocycles. The Morgan fingerprint density at radius 2 is 2.27 bits per heavy atom. The van der Waals surface area contributed by atoms with Crippen LogP contribution in [0.2, 0.25) is 0 Å². The van der Waals surface area contributed by atoms with Gasteiger partial charge in [-0.25, -0.2) is 4.79 Å². The molecule has 0 spiro atoms. The average Bonchev–Trinajstić information content (AvgIpc) is 1.94. The molecule has 0 saturated carbocycles. The smallest absolute Gasteiger partial charge is 0.321 e. The van der Waals surface area contributed by atoms with Crippen molar-refractivity contribution in [1.29, 1.82) is 0 Å². The third-order valence-corrected chi connectivity index (χ3v) is 2.23. The molecule has 1 saturated heterocycles.